The second kappa shape index (κ2) is 5.69. The molecule has 1 aromatic heterocycles. The number of benzene rings is 1. The molecule has 126 valence electrons. The number of aromatic nitrogens is 3. The van der Waals surface area contributed by atoms with Gasteiger partial charge >= 0.3 is 0 Å². The van der Waals surface area contributed by atoms with E-state index in [1.54, 1.807) is 17.3 Å². The van der Waals surface area contributed by atoms with E-state index in [0.29, 0.717) is 6.04 Å². The van der Waals surface area contributed by atoms with Gasteiger partial charge in [0.25, 0.3) is 0 Å². The monoisotopic (exact) mass is 322 g/mol. The molecule has 0 aliphatic heterocycles. The summed E-state index contributed by atoms with van der Waals surface area (Å²) in [6, 6.07) is 9.87. The van der Waals surface area contributed by atoms with E-state index in [9.17, 15) is 0 Å². The number of nitrogens with zero attached hydrogens (tertiary/aromatic N) is 3. The minimum atomic E-state index is 0.416. The first-order valence-electron chi connectivity index (χ1n) is 9.50. The molecule has 2 bridgehead atoms. The van der Waals surface area contributed by atoms with E-state index in [0.717, 1.165) is 35.4 Å². The molecule has 0 radical (unpaired) electrons. The molecule has 1 heterocycles. The standard InChI is InChI=1S/C20H26N4/c1-13(14-5-7-16(8-6-14)24-12-21-11-22-24)23-20-10-15-9-19(20)18-4-2-3-17(15)18/h5-8,11-13,15,17-20,23H,2-4,9-10H2,1H3/t13-,15+,17-,18+,19-,20+/m0/s1. The third-order valence-corrected chi connectivity index (χ3v) is 6.97. The van der Waals surface area contributed by atoms with Crippen molar-refractivity contribution in [2.45, 2.75) is 51.1 Å². The smallest absolute Gasteiger partial charge is 0.138 e. The van der Waals surface area contributed by atoms with Crippen molar-refractivity contribution < 1.29 is 0 Å². The molecule has 3 saturated carbocycles. The Morgan fingerprint density at radius 2 is 1.92 bits per heavy atom. The summed E-state index contributed by atoms with van der Waals surface area (Å²) >= 11 is 0. The van der Waals surface area contributed by atoms with Crippen LogP contribution in [-0.2, 0) is 0 Å². The fourth-order valence-electron chi connectivity index (χ4n) is 5.93. The van der Waals surface area contributed by atoms with Gasteiger partial charge in [0.15, 0.2) is 0 Å². The minimum Gasteiger partial charge on any atom is -0.307 e. The van der Waals surface area contributed by atoms with Crippen molar-refractivity contribution in [3.05, 3.63) is 42.5 Å². The van der Waals surface area contributed by atoms with Crippen LogP contribution < -0.4 is 5.32 Å². The molecule has 0 amide bonds. The number of fused-ring (bicyclic) bond motifs is 5. The zero-order chi connectivity index (χ0) is 16.1. The lowest BCUT2D eigenvalue weighted by Crippen LogP contribution is -2.40. The predicted octanol–water partition coefficient (Wildman–Crippen LogP) is 3.74. The van der Waals surface area contributed by atoms with Crippen molar-refractivity contribution in [1.29, 1.82) is 0 Å². The van der Waals surface area contributed by atoms with Crippen molar-refractivity contribution in [1.82, 2.24) is 20.1 Å². The van der Waals surface area contributed by atoms with Gasteiger partial charge in [-0.05, 0) is 74.0 Å². The molecule has 6 atom stereocenters. The van der Waals surface area contributed by atoms with Crippen LogP contribution >= 0.6 is 0 Å². The normalized spacial score (nSPS) is 35.3. The summed E-state index contributed by atoms with van der Waals surface area (Å²) in [5.74, 6) is 4.06. The van der Waals surface area contributed by atoms with Crippen molar-refractivity contribution in [2.75, 3.05) is 0 Å². The van der Waals surface area contributed by atoms with Crippen molar-refractivity contribution in [3.8, 4) is 5.69 Å². The molecule has 1 N–H and O–H groups in total. The van der Waals surface area contributed by atoms with Crippen molar-refractivity contribution >= 4 is 0 Å². The Bertz CT molecular complexity index is 693. The van der Waals surface area contributed by atoms with E-state index in [4.69, 9.17) is 0 Å². The summed E-state index contributed by atoms with van der Waals surface area (Å²) in [6.07, 6.45) is 10.7. The molecule has 3 aliphatic rings. The van der Waals surface area contributed by atoms with Gasteiger partial charge in [-0.2, -0.15) is 5.10 Å². The van der Waals surface area contributed by atoms with Crippen LogP contribution in [0.3, 0.4) is 0 Å². The average Bonchev–Trinajstić information content (AvgIpc) is 3.36. The molecule has 1 aromatic carbocycles. The van der Waals surface area contributed by atoms with Crippen LogP contribution in [0.4, 0.5) is 0 Å². The van der Waals surface area contributed by atoms with E-state index in [-0.39, 0.29) is 0 Å². The SMILES string of the molecule is C[C@H](N[C@@H]1C[C@H]2C[C@H]1[C@@H]1CCC[C@@H]21)c1ccc(-n2cncn2)cc1. The van der Waals surface area contributed by atoms with E-state index in [1.165, 1.54) is 37.7 Å². The van der Waals surface area contributed by atoms with Crippen molar-refractivity contribution in [3.63, 3.8) is 0 Å². The molecule has 24 heavy (non-hydrogen) atoms. The average molecular weight is 322 g/mol. The zero-order valence-corrected chi connectivity index (χ0v) is 14.3. The Morgan fingerprint density at radius 1 is 1.08 bits per heavy atom. The number of hydrogen-bond donors (Lipinski definition) is 1. The van der Waals surface area contributed by atoms with Gasteiger partial charge in [-0.3, -0.25) is 0 Å². The lowest BCUT2D eigenvalue weighted by Gasteiger charge is -2.34. The maximum absolute atomic E-state index is 4.19. The van der Waals surface area contributed by atoms with Gasteiger partial charge in [-0.1, -0.05) is 18.6 Å². The highest BCUT2D eigenvalue weighted by Gasteiger charge is 2.53. The van der Waals surface area contributed by atoms with E-state index >= 15 is 0 Å². The molecule has 5 rings (SSSR count). The number of nitrogens with one attached hydrogen (secondary N) is 1. The molecule has 4 nitrogen and oxygen atoms in total. The fourth-order valence-corrected chi connectivity index (χ4v) is 5.93. The van der Waals surface area contributed by atoms with Crippen LogP contribution in [0.25, 0.3) is 5.69 Å². The molecule has 2 aromatic rings. The van der Waals surface area contributed by atoms with Gasteiger partial charge in [0.1, 0.15) is 12.7 Å². The first-order valence-corrected chi connectivity index (χ1v) is 9.50. The van der Waals surface area contributed by atoms with Gasteiger partial charge in [-0.25, -0.2) is 9.67 Å². The van der Waals surface area contributed by atoms with Crippen LogP contribution in [0.1, 0.15) is 50.6 Å². The summed E-state index contributed by atoms with van der Waals surface area (Å²) in [7, 11) is 0. The van der Waals surface area contributed by atoms with Gasteiger partial charge in [0.2, 0.25) is 0 Å². The summed E-state index contributed by atoms with van der Waals surface area (Å²) in [5, 5.41) is 8.15. The third kappa shape index (κ3) is 2.31. The number of rotatable bonds is 4. The highest BCUT2D eigenvalue weighted by Crippen LogP contribution is 2.58. The fraction of sp³-hybridized carbons (Fsp3) is 0.600. The molecular weight excluding hydrogens is 296 g/mol. The first-order chi connectivity index (χ1) is 11.8. The second-order valence-corrected chi connectivity index (χ2v) is 8.08. The quantitative estimate of drug-likeness (QED) is 0.932. The Labute approximate surface area is 143 Å². The van der Waals surface area contributed by atoms with Crippen LogP contribution in [-0.4, -0.2) is 20.8 Å². The highest BCUT2D eigenvalue weighted by atomic mass is 15.3. The molecule has 3 aliphatic carbocycles. The maximum Gasteiger partial charge on any atom is 0.138 e. The largest absolute Gasteiger partial charge is 0.307 e. The summed E-state index contributed by atoms with van der Waals surface area (Å²) < 4.78 is 1.80. The molecular formula is C20H26N4. The summed E-state index contributed by atoms with van der Waals surface area (Å²) in [4.78, 5) is 4.01. The molecule has 3 fully saturated rings. The van der Waals surface area contributed by atoms with Gasteiger partial charge in [0, 0.05) is 12.1 Å². The highest BCUT2D eigenvalue weighted by molar-refractivity contribution is 5.34. The second-order valence-electron chi connectivity index (χ2n) is 8.08. The molecule has 4 heteroatoms. The van der Waals surface area contributed by atoms with Gasteiger partial charge < -0.3 is 5.32 Å². The van der Waals surface area contributed by atoms with Gasteiger partial charge in [-0.15, -0.1) is 0 Å². The van der Waals surface area contributed by atoms with Crippen LogP contribution in [0.15, 0.2) is 36.9 Å². The Kier molecular flexibility index (Phi) is 3.47. The van der Waals surface area contributed by atoms with Crippen LogP contribution in [0, 0.1) is 23.7 Å². The lowest BCUT2D eigenvalue weighted by atomic mass is 9.79. The van der Waals surface area contributed by atoms with Crippen molar-refractivity contribution in [2.24, 2.45) is 23.7 Å². The van der Waals surface area contributed by atoms with E-state index in [2.05, 4.69) is 46.6 Å². The van der Waals surface area contributed by atoms with Crippen LogP contribution in [0.2, 0.25) is 0 Å². The molecule has 0 spiro atoms. The zero-order valence-electron chi connectivity index (χ0n) is 14.3. The van der Waals surface area contributed by atoms with Gasteiger partial charge in [0.05, 0.1) is 5.69 Å². The van der Waals surface area contributed by atoms with Crippen LogP contribution in [0.5, 0.6) is 0 Å². The summed E-state index contributed by atoms with van der Waals surface area (Å²) in [5.41, 5.74) is 2.43. The Hall–Kier alpha value is -1.68. The van der Waals surface area contributed by atoms with E-state index in [1.807, 2.05) is 0 Å². The molecule has 0 unspecified atom stereocenters. The first kappa shape index (κ1) is 14.6. The maximum atomic E-state index is 4.19. The number of hydrogen-bond acceptors (Lipinski definition) is 3. The Balaban J connectivity index is 1.27. The third-order valence-electron chi connectivity index (χ3n) is 6.97. The lowest BCUT2D eigenvalue weighted by molar-refractivity contribution is 0.200. The minimum absolute atomic E-state index is 0.416. The Morgan fingerprint density at radius 3 is 2.71 bits per heavy atom. The molecule has 0 saturated heterocycles. The van der Waals surface area contributed by atoms with E-state index < -0.39 is 0 Å². The topological polar surface area (TPSA) is 42.7 Å². The predicted molar refractivity (Wildman–Crippen MR) is 93.7 cm³/mol. The summed E-state index contributed by atoms with van der Waals surface area (Å²) in [6.45, 7) is 2.31.